The molecular weight excluding hydrogens is 146 g/mol. The van der Waals surface area contributed by atoms with Crippen LogP contribution < -0.4 is 0 Å². The minimum Gasteiger partial charge on any atom is -0.362 e. The summed E-state index contributed by atoms with van der Waals surface area (Å²) in [6.07, 6.45) is 0.215. The summed E-state index contributed by atoms with van der Waals surface area (Å²) in [5.41, 5.74) is 0. The van der Waals surface area contributed by atoms with Gasteiger partial charge < -0.3 is 9.47 Å². The van der Waals surface area contributed by atoms with E-state index < -0.39 is 0 Å². The summed E-state index contributed by atoms with van der Waals surface area (Å²) >= 11 is 0. The zero-order chi connectivity index (χ0) is 8.85. The quantitative estimate of drug-likeness (QED) is 0.433. The predicted molar refractivity (Wildman–Crippen MR) is 40.8 cm³/mol. The van der Waals surface area contributed by atoms with Crippen molar-refractivity contribution in [2.45, 2.75) is 26.3 Å². The van der Waals surface area contributed by atoms with Crippen LogP contribution in [0.1, 0.15) is 13.8 Å². The summed E-state index contributed by atoms with van der Waals surface area (Å²) in [6.45, 7) is 3.56. The molecule has 2 unspecified atom stereocenters. The van der Waals surface area contributed by atoms with E-state index in [9.17, 15) is 4.79 Å². The molecule has 0 rings (SSSR count). The molecule has 0 aliphatic rings. The van der Waals surface area contributed by atoms with E-state index in [2.05, 4.69) is 0 Å². The molecule has 0 aromatic carbocycles. The number of hydrogen-bond donors (Lipinski definition) is 0. The lowest BCUT2D eigenvalue weighted by atomic mass is 10.5. The lowest BCUT2D eigenvalue weighted by Gasteiger charge is -2.28. The van der Waals surface area contributed by atoms with Gasteiger partial charge in [-0.2, -0.15) is 0 Å². The molecule has 1 amide bonds. The summed E-state index contributed by atoms with van der Waals surface area (Å²) in [7, 11) is 3.09. The number of nitrogens with zero attached hydrogens (tertiary/aromatic N) is 1. The summed E-state index contributed by atoms with van der Waals surface area (Å²) in [6, 6.07) is 0. The largest absolute Gasteiger partial charge is 0.362 e. The minimum atomic E-state index is -0.248. The van der Waals surface area contributed by atoms with Gasteiger partial charge in [0.25, 0.3) is 0 Å². The van der Waals surface area contributed by atoms with E-state index in [1.54, 1.807) is 28.1 Å². The highest BCUT2D eigenvalue weighted by Crippen LogP contribution is 2.02. The highest BCUT2D eigenvalue weighted by atomic mass is 16.5. The van der Waals surface area contributed by atoms with Crippen molar-refractivity contribution >= 4 is 6.41 Å². The molecule has 0 heterocycles. The summed E-state index contributed by atoms with van der Waals surface area (Å²) in [5.74, 6) is 0. The van der Waals surface area contributed by atoms with E-state index in [-0.39, 0.29) is 12.5 Å². The van der Waals surface area contributed by atoms with Crippen molar-refractivity contribution in [1.29, 1.82) is 0 Å². The highest BCUT2D eigenvalue weighted by molar-refractivity contribution is 5.47. The van der Waals surface area contributed by atoms with E-state index in [0.29, 0.717) is 6.41 Å². The summed E-state index contributed by atoms with van der Waals surface area (Å²) < 4.78 is 9.88. The first-order valence-corrected chi connectivity index (χ1v) is 3.45. The van der Waals surface area contributed by atoms with E-state index >= 15 is 0 Å². The van der Waals surface area contributed by atoms with Crippen LogP contribution in [0, 0.1) is 0 Å². The first-order valence-electron chi connectivity index (χ1n) is 3.45. The minimum absolute atomic E-state index is 0.248. The van der Waals surface area contributed by atoms with Gasteiger partial charge in [0.2, 0.25) is 6.41 Å². The second-order valence-electron chi connectivity index (χ2n) is 2.22. The molecule has 66 valence electrons. The molecule has 0 spiro atoms. The fraction of sp³-hybridized carbons (Fsp3) is 0.857. The Hall–Kier alpha value is -0.610. The Balaban J connectivity index is 4.03. The monoisotopic (exact) mass is 161 g/mol. The van der Waals surface area contributed by atoms with Crippen LogP contribution >= 0.6 is 0 Å². The smallest absolute Gasteiger partial charge is 0.213 e. The van der Waals surface area contributed by atoms with Gasteiger partial charge in [0, 0.05) is 14.2 Å². The van der Waals surface area contributed by atoms with Crippen molar-refractivity contribution in [2.24, 2.45) is 0 Å². The Labute approximate surface area is 67.1 Å². The average Bonchev–Trinajstić information content (AvgIpc) is 2.05. The van der Waals surface area contributed by atoms with Crippen molar-refractivity contribution in [3.63, 3.8) is 0 Å². The molecule has 0 N–H and O–H groups in total. The van der Waals surface area contributed by atoms with Crippen molar-refractivity contribution in [1.82, 2.24) is 4.90 Å². The van der Waals surface area contributed by atoms with Crippen LogP contribution in [0.4, 0.5) is 0 Å². The standard InChI is InChI=1S/C7H15NO3/c1-6(10-3)8(5-9)7(2)11-4/h5-7H,1-4H3. The van der Waals surface area contributed by atoms with Gasteiger partial charge in [-0.25, -0.2) is 0 Å². The number of ether oxygens (including phenoxy) is 2. The molecule has 0 bridgehead atoms. The maximum Gasteiger partial charge on any atom is 0.213 e. The Bertz CT molecular complexity index is 108. The first kappa shape index (κ1) is 10.4. The number of carbonyl (C=O) groups is 1. The Morgan fingerprint density at radius 3 is 1.73 bits per heavy atom. The molecule has 0 saturated heterocycles. The van der Waals surface area contributed by atoms with Gasteiger partial charge in [0.05, 0.1) is 0 Å². The molecule has 0 aromatic rings. The number of carbonyl (C=O) groups excluding carboxylic acids is 1. The van der Waals surface area contributed by atoms with Gasteiger partial charge in [-0.05, 0) is 13.8 Å². The summed E-state index contributed by atoms with van der Waals surface area (Å²) in [4.78, 5) is 11.9. The Morgan fingerprint density at radius 1 is 1.18 bits per heavy atom. The number of amides is 1. The molecule has 0 saturated carbocycles. The molecule has 4 heteroatoms. The van der Waals surface area contributed by atoms with Crippen molar-refractivity contribution < 1.29 is 14.3 Å². The molecule has 0 aromatic heterocycles. The van der Waals surface area contributed by atoms with Gasteiger partial charge in [-0.3, -0.25) is 9.69 Å². The number of hydrogen-bond acceptors (Lipinski definition) is 3. The second kappa shape index (κ2) is 5.09. The van der Waals surface area contributed by atoms with Crippen LogP contribution in [-0.2, 0) is 14.3 Å². The van der Waals surface area contributed by atoms with Crippen LogP contribution in [0.15, 0.2) is 0 Å². The van der Waals surface area contributed by atoms with E-state index in [1.165, 1.54) is 4.90 Å². The van der Waals surface area contributed by atoms with Gasteiger partial charge in [0.1, 0.15) is 12.5 Å². The molecular formula is C7H15NO3. The molecule has 0 fully saturated rings. The topological polar surface area (TPSA) is 38.8 Å². The Morgan fingerprint density at radius 2 is 1.55 bits per heavy atom. The lowest BCUT2D eigenvalue weighted by Crippen LogP contribution is -2.41. The van der Waals surface area contributed by atoms with E-state index in [0.717, 1.165) is 0 Å². The zero-order valence-electron chi connectivity index (χ0n) is 7.40. The van der Waals surface area contributed by atoms with Crippen LogP contribution in [0.25, 0.3) is 0 Å². The van der Waals surface area contributed by atoms with Crippen molar-refractivity contribution in [2.75, 3.05) is 14.2 Å². The van der Waals surface area contributed by atoms with Crippen LogP contribution in [0.5, 0.6) is 0 Å². The SMILES string of the molecule is COC(C)N(C=O)C(C)OC. The Kier molecular flexibility index (Phi) is 4.81. The van der Waals surface area contributed by atoms with Gasteiger partial charge in [-0.1, -0.05) is 0 Å². The predicted octanol–water partition coefficient (Wildman–Crippen LogP) is 0.430. The van der Waals surface area contributed by atoms with Crippen molar-refractivity contribution in [3.05, 3.63) is 0 Å². The zero-order valence-corrected chi connectivity index (χ0v) is 7.40. The summed E-state index contributed by atoms with van der Waals surface area (Å²) in [5, 5.41) is 0. The number of methoxy groups -OCH3 is 2. The van der Waals surface area contributed by atoms with Crippen LogP contribution in [0.2, 0.25) is 0 Å². The number of rotatable bonds is 5. The van der Waals surface area contributed by atoms with Gasteiger partial charge in [-0.15, -0.1) is 0 Å². The van der Waals surface area contributed by atoms with Crippen molar-refractivity contribution in [3.8, 4) is 0 Å². The van der Waals surface area contributed by atoms with Gasteiger partial charge in [0.15, 0.2) is 0 Å². The molecule has 0 radical (unpaired) electrons. The third-order valence-corrected chi connectivity index (χ3v) is 1.64. The van der Waals surface area contributed by atoms with E-state index in [1.807, 2.05) is 0 Å². The normalized spacial score (nSPS) is 15.6. The fourth-order valence-electron chi connectivity index (χ4n) is 0.710. The van der Waals surface area contributed by atoms with E-state index in [4.69, 9.17) is 9.47 Å². The third kappa shape index (κ3) is 2.86. The lowest BCUT2D eigenvalue weighted by molar-refractivity contribution is -0.150. The third-order valence-electron chi connectivity index (χ3n) is 1.64. The molecule has 0 aliphatic heterocycles. The van der Waals surface area contributed by atoms with Crippen LogP contribution in [-0.4, -0.2) is 38.0 Å². The second-order valence-corrected chi connectivity index (χ2v) is 2.22. The maximum absolute atomic E-state index is 10.5. The maximum atomic E-state index is 10.5. The molecule has 4 nitrogen and oxygen atoms in total. The fourth-order valence-corrected chi connectivity index (χ4v) is 0.710. The average molecular weight is 161 g/mol. The van der Waals surface area contributed by atoms with Gasteiger partial charge >= 0.3 is 0 Å². The molecule has 2 atom stereocenters. The molecule has 11 heavy (non-hydrogen) atoms. The van der Waals surface area contributed by atoms with Crippen LogP contribution in [0.3, 0.4) is 0 Å². The highest BCUT2D eigenvalue weighted by Gasteiger charge is 2.16. The first-order chi connectivity index (χ1) is 5.17. The molecule has 0 aliphatic carbocycles.